The van der Waals surface area contributed by atoms with Gasteiger partial charge in [0.15, 0.2) is 0 Å². The zero-order chi connectivity index (χ0) is 29.1. The largest absolute Gasteiger partial charge is 0.466 e. The van der Waals surface area contributed by atoms with Crippen molar-refractivity contribution in [1.82, 2.24) is 0 Å². The van der Waals surface area contributed by atoms with E-state index in [0.717, 1.165) is 50.5 Å². The summed E-state index contributed by atoms with van der Waals surface area (Å²) in [6.45, 7) is 9.17. The van der Waals surface area contributed by atoms with Crippen LogP contribution < -0.4 is 9.05 Å². The Balaban J connectivity index is 2.61. The number of Topliss-reactive ketones (excluding diaryl/α,β-unsaturated/α-hetero) is 1. The first-order chi connectivity index (χ1) is 18.4. The molecule has 0 aromatic heterocycles. The summed E-state index contributed by atoms with van der Waals surface area (Å²) in [5.41, 5.74) is 2.81. The second-order valence-electron chi connectivity index (χ2n) is 10.4. The standard InChI is InChI=1S/C29H46O8P2/c1-7-9-10-13-24-20-26(36-38(6,32)17-15-23(4)30)29(25-14-11-12-22(3)19-25)27(21-24)37-39(33,34-5)18-16-28(31)35-8-2/h19-21,25H,7-18H2,1-6H3. The summed E-state index contributed by atoms with van der Waals surface area (Å²) >= 11 is 0. The smallest absolute Gasteiger partial charge is 0.379 e. The van der Waals surface area contributed by atoms with Gasteiger partial charge in [0.25, 0.3) is 0 Å². The lowest BCUT2D eigenvalue weighted by Crippen LogP contribution is -2.12. The van der Waals surface area contributed by atoms with Crippen molar-refractivity contribution < 1.29 is 37.0 Å². The van der Waals surface area contributed by atoms with Gasteiger partial charge in [0, 0.05) is 37.8 Å². The zero-order valence-corrected chi connectivity index (χ0v) is 26.2. The molecule has 0 heterocycles. The van der Waals surface area contributed by atoms with Gasteiger partial charge >= 0.3 is 13.6 Å². The predicted octanol–water partition coefficient (Wildman–Crippen LogP) is 8.07. The van der Waals surface area contributed by atoms with Crippen LogP contribution in [0.1, 0.15) is 96.1 Å². The first-order valence-electron chi connectivity index (χ1n) is 14.0. The minimum absolute atomic E-state index is 0.0493. The van der Waals surface area contributed by atoms with Gasteiger partial charge in [-0.25, -0.2) is 4.57 Å². The average molecular weight is 585 g/mol. The fourth-order valence-corrected chi connectivity index (χ4v) is 7.27. The molecule has 0 fully saturated rings. The summed E-state index contributed by atoms with van der Waals surface area (Å²) in [5.74, 6) is 0.162. The zero-order valence-electron chi connectivity index (χ0n) is 24.5. The number of carbonyl (C=O) groups is 2. The van der Waals surface area contributed by atoms with Crippen LogP contribution in [0.5, 0.6) is 11.5 Å². The van der Waals surface area contributed by atoms with Crippen molar-refractivity contribution >= 4 is 26.7 Å². The number of carbonyl (C=O) groups excluding carboxylic acids is 2. The molecule has 10 heteroatoms. The maximum absolute atomic E-state index is 13.7. The number of ether oxygens (including phenoxy) is 1. The number of rotatable bonds is 17. The van der Waals surface area contributed by atoms with Crippen molar-refractivity contribution in [2.45, 2.75) is 91.4 Å². The number of aryl methyl sites for hydroxylation is 1. The maximum atomic E-state index is 13.7. The van der Waals surface area contributed by atoms with Gasteiger partial charge in [-0.3, -0.25) is 9.36 Å². The molecule has 39 heavy (non-hydrogen) atoms. The summed E-state index contributed by atoms with van der Waals surface area (Å²) < 4.78 is 49.9. The third-order valence-corrected chi connectivity index (χ3v) is 10.2. The van der Waals surface area contributed by atoms with Gasteiger partial charge in [0.1, 0.15) is 17.3 Å². The van der Waals surface area contributed by atoms with E-state index >= 15 is 0 Å². The Morgan fingerprint density at radius 3 is 2.31 bits per heavy atom. The number of esters is 1. The van der Waals surface area contributed by atoms with Crippen LogP contribution in [0.4, 0.5) is 0 Å². The van der Waals surface area contributed by atoms with Crippen molar-refractivity contribution in [1.29, 1.82) is 0 Å². The minimum atomic E-state index is -3.73. The van der Waals surface area contributed by atoms with Crippen molar-refractivity contribution in [2.75, 3.05) is 32.7 Å². The van der Waals surface area contributed by atoms with Crippen LogP contribution in [0, 0.1) is 0 Å². The Kier molecular flexibility index (Phi) is 13.5. The van der Waals surface area contributed by atoms with Gasteiger partial charge in [-0.05, 0) is 70.6 Å². The van der Waals surface area contributed by atoms with Crippen LogP contribution >= 0.6 is 15.0 Å². The highest BCUT2D eigenvalue weighted by Gasteiger charge is 2.32. The van der Waals surface area contributed by atoms with Crippen molar-refractivity contribution in [3.05, 3.63) is 34.9 Å². The number of allylic oxidation sites excluding steroid dienone is 2. The SMILES string of the molecule is CCCCCc1cc(OP(C)(=O)CCC(C)=O)c(C2C=C(C)CCC2)c(OP(=O)(CCC(=O)OCC)OC)c1. The molecule has 0 saturated carbocycles. The molecule has 1 aromatic carbocycles. The molecule has 8 nitrogen and oxygen atoms in total. The first-order valence-corrected chi connectivity index (χ1v) is 18.0. The van der Waals surface area contributed by atoms with E-state index in [2.05, 4.69) is 19.9 Å². The molecule has 0 bridgehead atoms. The Hall–Kier alpha value is -1.88. The molecule has 1 aromatic rings. The summed E-state index contributed by atoms with van der Waals surface area (Å²) in [6, 6.07) is 3.79. The molecule has 0 aliphatic heterocycles. The molecule has 3 atom stereocenters. The third-order valence-electron chi connectivity index (χ3n) is 6.75. The minimum Gasteiger partial charge on any atom is -0.466 e. The lowest BCUT2D eigenvalue weighted by atomic mass is 9.84. The van der Waals surface area contributed by atoms with Crippen LogP contribution in [0.3, 0.4) is 0 Å². The Bertz CT molecular complexity index is 1110. The summed E-state index contributed by atoms with van der Waals surface area (Å²) in [6.07, 6.45) is 8.75. The van der Waals surface area contributed by atoms with E-state index in [0.29, 0.717) is 17.1 Å². The molecular weight excluding hydrogens is 538 g/mol. The summed E-state index contributed by atoms with van der Waals surface area (Å²) in [4.78, 5) is 23.6. The highest BCUT2D eigenvalue weighted by Crippen LogP contribution is 2.55. The number of benzene rings is 1. The maximum Gasteiger partial charge on any atom is 0.379 e. The molecule has 1 aliphatic carbocycles. The van der Waals surface area contributed by atoms with Crippen LogP contribution in [0.15, 0.2) is 23.8 Å². The normalized spacial score (nSPS) is 18.4. The quantitative estimate of drug-likeness (QED) is 0.0783. The van der Waals surface area contributed by atoms with E-state index in [9.17, 15) is 18.7 Å². The summed E-state index contributed by atoms with van der Waals surface area (Å²) in [7, 11) is -5.61. The molecule has 1 aliphatic rings. The van der Waals surface area contributed by atoms with E-state index in [1.54, 1.807) is 13.6 Å². The fraction of sp³-hybridized carbons (Fsp3) is 0.655. The molecule has 3 unspecified atom stereocenters. The third kappa shape index (κ3) is 11.3. The van der Waals surface area contributed by atoms with Gasteiger partial charge in [-0.15, -0.1) is 0 Å². The Morgan fingerprint density at radius 2 is 1.72 bits per heavy atom. The first kappa shape index (κ1) is 33.3. The average Bonchev–Trinajstić information content (AvgIpc) is 2.86. The Morgan fingerprint density at radius 1 is 1.03 bits per heavy atom. The van der Waals surface area contributed by atoms with Gasteiger partial charge in [-0.1, -0.05) is 31.4 Å². The van der Waals surface area contributed by atoms with E-state index in [-0.39, 0.29) is 43.5 Å². The second kappa shape index (κ2) is 15.8. The van der Waals surface area contributed by atoms with Gasteiger partial charge < -0.3 is 23.1 Å². The summed E-state index contributed by atoms with van der Waals surface area (Å²) in [5, 5.41) is 0. The Labute approximate surface area is 234 Å². The monoisotopic (exact) mass is 584 g/mol. The molecule has 0 radical (unpaired) electrons. The van der Waals surface area contributed by atoms with Crippen LogP contribution in [-0.2, 0) is 34.4 Å². The van der Waals surface area contributed by atoms with Gasteiger partial charge in [0.2, 0.25) is 7.37 Å². The molecule has 220 valence electrons. The fourth-order valence-electron chi connectivity index (χ4n) is 4.63. The van der Waals surface area contributed by atoms with E-state index in [1.807, 2.05) is 12.1 Å². The van der Waals surface area contributed by atoms with Gasteiger partial charge in [0.05, 0.1) is 19.2 Å². The molecule has 0 spiro atoms. The highest BCUT2D eigenvalue weighted by molar-refractivity contribution is 7.58. The van der Waals surface area contributed by atoms with Crippen molar-refractivity contribution in [3.8, 4) is 11.5 Å². The number of hydrogen-bond acceptors (Lipinski definition) is 8. The molecule has 0 saturated heterocycles. The van der Waals surface area contributed by atoms with E-state index in [1.165, 1.54) is 19.6 Å². The van der Waals surface area contributed by atoms with Crippen LogP contribution in [-0.4, -0.2) is 44.5 Å². The van der Waals surface area contributed by atoms with E-state index in [4.69, 9.17) is 18.3 Å². The lowest BCUT2D eigenvalue weighted by molar-refractivity contribution is -0.142. The van der Waals surface area contributed by atoms with Crippen LogP contribution in [0.2, 0.25) is 0 Å². The number of unbranched alkanes of at least 4 members (excludes halogenated alkanes) is 2. The second-order valence-corrected chi connectivity index (χ2v) is 15.3. The predicted molar refractivity (Wildman–Crippen MR) is 156 cm³/mol. The highest BCUT2D eigenvalue weighted by atomic mass is 31.2. The lowest BCUT2D eigenvalue weighted by Gasteiger charge is -2.28. The topological polar surface area (TPSA) is 105 Å². The van der Waals surface area contributed by atoms with Crippen molar-refractivity contribution in [2.24, 2.45) is 0 Å². The molecule has 2 rings (SSSR count). The van der Waals surface area contributed by atoms with Crippen molar-refractivity contribution in [3.63, 3.8) is 0 Å². The number of ketones is 1. The number of hydrogen-bond donors (Lipinski definition) is 0. The molecule has 0 amide bonds. The van der Waals surface area contributed by atoms with Crippen LogP contribution in [0.25, 0.3) is 0 Å². The molecular formula is C29H46O8P2. The van der Waals surface area contributed by atoms with E-state index < -0.39 is 20.9 Å². The van der Waals surface area contributed by atoms with Gasteiger partial charge in [-0.2, -0.15) is 0 Å². The molecule has 0 N–H and O–H groups in total.